The third-order valence-electron chi connectivity index (χ3n) is 2.04. The van der Waals surface area contributed by atoms with Gasteiger partial charge >= 0.3 is 12.1 Å². The lowest BCUT2D eigenvalue weighted by Crippen LogP contribution is -2.35. The molecule has 0 aliphatic heterocycles. The molecule has 1 N–H and O–H groups in total. The predicted molar refractivity (Wildman–Crippen MR) is 52.0 cm³/mol. The van der Waals surface area contributed by atoms with Crippen molar-refractivity contribution in [1.29, 1.82) is 0 Å². The summed E-state index contributed by atoms with van der Waals surface area (Å²) < 4.78 is 41.6. The number of carboxylic acid groups (broad SMARTS) is 1. The fraction of sp³-hybridized carbons (Fsp3) is 0.900. The zero-order chi connectivity index (χ0) is 12.9. The molecular formula is C10H17F3O3. The highest BCUT2D eigenvalue weighted by Crippen LogP contribution is 2.27. The first-order valence-electron chi connectivity index (χ1n) is 5.05. The average Bonchev–Trinajstić information content (AvgIpc) is 1.98. The molecule has 0 spiro atoms. The van der Waals surface area contributed by atoms with Gasteiger partial charge < -0.3 is 9.84 Å². The number of aliphatic carboxylic acids is 1. The summed E-state index contributed by atoms with van der Waals surface area (Å²) in [6.45, 7) is 4.64. The molecule has 0 aromatic heterocycles. The maximum absolute atomic E-state index is 12.2. The fourth-order valence-electron chi connectivity index (χ4n) is 1.30. The smallest absolute Gasteiger partial charge is 0.404 e. The van der Waals surface area contributed by atoms with Crippen LogP contribution < -0.4 is 0 Å². The van der Waals surface area contributed by atoms with Crippen LogP contribution in [-0.2, 0) is 9.53 Å². The van der Waals surface area contributed by atoms with Crippen LogP contribution in [0.1, 0.15) is 27.2 Å². The van der Waals surface area contributed by atoms with Crippen molar-refractivity contribution in [3.05, 3.63) is 0 Å². The number of ether oxygens (including phenoxy) is 1. The molecule has 96 valence electrons. The lowest BCUT2D eigenvalue weighted by atomic mass is 10.1. The lowest BCUT2D eigenvalue weighted by Gasteiger charge is -2.20. The van der Waals surface area contributed by atoms with Gasteiger partial charge in [-0.25, -0.2) is 0 Å². The lowest BCUT2D eigenvalue weighted by molar-refractivity contribution is -0.205. The Balaban J connectivity index is 4.19. The number of carbonyl (C=O) groups is 1. The van der Waals surface area contributed by atoms with Gasteiger partial charge in [0.05, 0.1) is 12.7 Å². The molecule has 0 heterocycles. The minimum atomic E-state index is -4.76. The summed E-state index contributed by atoms with van der Waals surface area (Å²) in [5, 5.41) is 8.40. The molecule has 0 saturated carbocycles. The standard InChI is InChI=1S/C10H17F3O3/c1-6(2)4-7(3)16-5-8(9(14)15)10(11,12)13/h6-8H,4-5H2,1-3H3,(H,14,15). The Morgan fingerprint density at radius 2 is 1.81 bits per heavy atom. The van der Waals surface area contributed by atoms with E-state index in [-0.39, 0.29) is 6.10 Å². The Bertz CT molecular complexity index is 226. The number of halogens is 3. The highest BCUT2D eigenvalue weighted by Gasteiger charge is 2.45. The van der Waals surface area contributed by atoms with Crippen molar-refractivity contribution in [2.45, 2.75) is 39.5 Å². The molecule has 16 heavy (non-hydrogen) atoms. The van der Waals surface area contributed by atoms with Crippen LogP contribution in [0.4, 0.5) is 13.2 Å². The second-order valence-electron chi connectivity index (χ2n) is 4.21. The zero-order valence-electron chi connectivity index (χ0n) is 9.54. The summed E-state index contributed by atoms with van der Waals surface area (Å²) in [7, 11) is 0. The van der Waals surface area contributed by atoms with Gasteiger partial charge in [-0.1, -0.05) is 13.8 Å². The van der Waals surface area contributed by atoms with E-state index in [4.69, 9.17) is 9.84 Å². The third kappa shape index (κ3) is 5.95. The molecule has 2 unspecified atom stereocenters. The van der Waals surface area contributed by atoms with Crippen molar-refractivity contribution in [3.63, 3.8) is 0 Å². The Hall–Kier alpha value is -0.780. The predicted octanol–water partition coefficient (Wildman–Crippen LogP) is 2.70. The van der Waals surface area contributed by atoms with E-state index in [9.17, 15) is 18.0 Å². The Kier molecular flexibility index (Phi) is 5.78. The molecular weight excluding hydrogens is 225 g/mol. The molecule has 0 rings (SSSR count). The minimum absolute atomic E-state index is 0.296. The summed E-state index contributed by atoms with van der Waals surface area (Å²) in [5.41, 5.74) is 0. The van der Waals surface area contributed by atoms with E-state index in [2.05, 4.69) is 0 Å². The SMILES string of the molecule is CC(C)CC(C)OCC(C(=O)O)C(F)(F)F. The normalized spacial score (nSPS) is 16.2. The van der Waals surface area contributed by atoms with E-state index in [1.54, 1.807) is 6.92 Å². The first-order chi connectivity index (χ1) is 7.14. The molecule has 0 radical (unpaired) electrons. The molecule has 2 atom stereocenters. The molecule has 3 nitrogen and oxygen atoms in total. The topological polar surface area (TPSA) is 46.5 Å². The van der Waals surface area contributed by atoms with Crippen LogP contribution in [0, 0.1) is 11.8 Å². The first kappa shape index (κ1) is 15.2. The van der Waals surface area contributed by atoms with Crippen LogP contribution in [0.2, 0.25) is 0 Å². The molecule has 0 saturated heterocycles. The van der Waals surface area contributed by atoms with Gasteiger partial charge in [-0.05, 0) is 19.3 Å². The molecule has 0 aliphatic rings. The molecule has 0 bridgehead atoms. The summed E-state index contributed by atoms with van der Waals surface area (Å²) in [4.78, 5) is 10.4. The molecule has 0 aromatic carbocycles. The van der Waals surface area contributed by atoms with E-state index >= 15 is 0 Å². The van der Waals surface area contributed by atoms with Crippen molar-refractivity contribution >= 4 is 5.97 Å². The maximum atomic E-state index is 12.2. The quantitative estimate of drug-likeness (QED) is 0.779. The molecule has 0 aromatic rings. The Morgan fingerprint density at radius 3 is 2.12 bits per heavy atom. The van der Waals surface area contributed by atoms with Crippen LogP contribution >= 0.6 is 0 Å². The van der Waals surface area contributed by atoms with Gasteiger partial charge in [-0.15, -0.1) is 0 Å². The molecule has 0 aliphatic carbocycles. The minimum Gasteiger partial charge on any atom is -0.481 e. The molecule has 0 fully saturated rings. The van der Waals surface area contributed by atoms with E-state index in [0.717, 1.165) is 0 Å². The Morgan fingerprint density at radius 1 is 1.31 bits per heavy atom. The maximum Gasteiger partial charge on any atom is 0.404 e. The number of carboxylic acids is 1. The van der Waals surface area contributed by atoms with Gasteiger partial charge in [0.25, 0.3) is 0 Å². The van der Waals surface area contributed by atoms with Gasteiger partial charge in [0.2, 0.25) is 0 Å². The molecule has 0 amide bonds. The van der Waals surface area contributed by atoms with Gasteiger partial charge in [0, 0.05) is 0 Å². The first-order valence-corrected chi connectivity index (χ1v) is 5.05. The van der Waals surface area contributed by atoms with Crippen molar-refractivity contribution in [3.8, 4) is 0 Å². The van der Waals surface area contributed by atoms with E-state index in [0.29, 0.717) is 12.3 Å². The van der Waals surface area contributed by atoms with Gasteiger partial charge in [-0.2, -0.15) is 13.2 Å². The van der Waals surface area contributed by atoms with Gasteiger partial charge in [-0.3, -0.25) is 4.79 Å². The van der Waals surface area contributed by atoms with E-state index < -0.39 is 24.7 Å². The number of alkyl halides is 3. The van der Waals surface area contributed by atoms with Crippen LogP contribution in [0.3, 0.4) is 0 Å². The van der Waals surface area contributed by atoms with Crippen LogP contribution in [-0.4, -0.2) is 30.0 Å². The highest BCUT2D eigenvalue weighted by atomic mass is 19.4. The van der Waals surface area contributed by atoms with Crippen molar-refractivity contribution < 1.29 is 27.8 Å². The van der Waals surface area contributed by atoms with Crippen molar-refractivity contribution in [2.75, 3.05) is 6.61 Å². The fourth-order valence-corrected chi connectivity index (χ4v) is 1.30. The largest absolute Gasteiger partial charge is 0.481 e. The number of hydrogen-bond acceptors (Lipinski definition) is 2. The zero-order valence-corrected chi connectivity index (χ0v) is 9.54. The average molecular weight is 242 g/mol. The van der Waals surface area contributed by atoms with Gasteiger partial charge in [0.15, 0.2) is 5.92 Å². The summed E-state index contributed by atoms with van der Waals surface area (Å²) in [6, 6.07) is 0. The summed E-state index contributed by atoms with van der Waals surface area (Å²) in [5.74, 6) is -4.05. The summed E-state index contributed by atoms with van der Waals surface area (Å²) in [6.07, 6.45) is -4.53. The van der Waals surface area contributed by atoms with Crippen molar-refractivity contribution in [1.82, 2.24) is 0 Å². The number of hydrogen-bond donors (Lipinski definition) is 1. The van der Waals surface area contributed by atoms with Gasteiger partial charge in [0.1, 0.15) is 0 Å². The third-order valence-corrected chi connectivity index (χ3v) is 2.04. The Labute approximate surface area is 92.6 Å². The summed E-state index contributed by atoms with van der Waals surface area (Å²) >= 11 is 0. The van der Waals surface area contributed by atoms with Crippen LogP contribution in [0.15, 0.2) is 0 Å². The van der Waals surface area contributed by atoms with E-state index in [1.165, 1.54) is 0 Å². The van der Waals surface area contributed by atoms with Crippen LogP contribution in [0.25, 0.3) is 0 Å². The van der Waals surface area contributed by atoms with Crippen LogP contribution in [0.5, 0.6) is 0 Å². The van der Waals surface area contributed by atoms with E-state index in [1.807, 2.05) is 13.8 Å². The van der Waals surface area contributed by atoms with Crippen molar-refractivity contribution in [2.24, 2.45) is 11.8 Å². The second-order valence-corrected chi connectivity index (χ2v) is 4.21. The highest BCUT2D eigenvalue weighted by molar-refractivity contribution is 5.71. The second kappa shape index (κ2) is 6.08. The monoisotopic (exact) mass is 242 g/mol. The molecule has 6 heteroatoms. The number of rotatable bonds is 6.